The second-order valence-electron chi connectivity index (χ2n) is 3.22. The lowest BCUT2D eigenvalue weighted by Gasteiger charge is -2.29. The average Bonchev–Trinajstić information content (AvgIpc) is 2.29. The van der Waals surface area contributed by atoms with Crippen molar-refractivity contribution in [2.24, 2.45) is 5.92 Å². The Morgan fingerprint density at radius 2 is 2.36 bits per heavy atom. The number of carbonyl (C=O) groups excluding carboxylic acids is 1. The van der Waals surface area contributed by atoms with E-state index in [1.54, 1.807) is 0 Å². The Bertz CT molecular complexity index is 197. The molecule has 0 aromatic carbocycles. The molecule has 11 heavy (non-hydrogen) atoms. The molecule has 2 N–H and O–H groups in total. The molecule has 0 spiro atoms. The fourth-order valence-corrected chi connectivity index (χ4v) is 1.81. The number of alkyl halides is 1. The molecule has 2 unspecified atom stereocenters. The number of hydrogen-bond acceptors (Lipinski definition) is 2. The molecule has 2 heterocycles. The van der Waals surface area contributed by atoms with Crippen molar-refractivity contribution in [3.63, 3.8) is 0 Å². The topological polar surface area (TPSA) is 41.1 Å². The summed E-state index contributed by atoms with van der Waals surface area (Å²) in [7, 11) is 0. The Labute approximate surface area is 64.3 Å². The van der Waals surface area contributed by atoms with Gasteiger partial charge in [0.05, 0.1) is 0 Å². The molecular formula is C7H11FN2O. The number of nitrogens with one attached hydrogen (secondary N) is 2. The van der Waals surface area contributed by atoms with E-state index in [4.69, 9.17) is 0 Å². The molecule has 0 bridgehead atoms. The van der Waals surface area contributed by atoms with Crippen molar-refractivity contribution >= 4 is 5.91 Å². The van der Waals surface area contributed by atoms with Crippen LogP contribution in [0.1, 0.15) is 6.42 Å². The fourth-order valence-electron chi connectivity index (χ4n) is 1.81. The normalized spacial score (nSPS) is 43.4. The molecule has 0 saturated carbocycles. The largest absolute Gasteiger partial charge is 0.353 e. The predicted molar refractivity (Wildman–Crippen MR) is 37.8 cm³/mol. The van der Waals surface area contributed by atoms with Gasteiger partial charge in [-0.2, -0.15) is 0 Å². The van der Waals surface area contributed by atoms with Gasteiger partial charge in [0.1, 0.15) is 0 Å². The van der Waals surface area contributed by atoms with Crippen molar-refractivity contribution in [2.45, 2.75) is 12.1 Å². The smallest absolute Gasteiger partial charge is 0.258 e. The number of fused-ring (bicyclic) bond motifs is 1. The minimum absolute atomic E-state index is 0.149. The zero-order valence-electron chi connectivity index (χ0n) is 6.19. The van der Waals surface area contributed by atoms with Gasteiger partial charge >= 0.3 is 0 Å². The van der Waals surface area contributed by atoms with E-state index in [2.05, 4.69) is 10.6 Å². The summed E-state index contributed by atoms with van der Waals surface area (Å²) in [5, 5.41) is 5.62. The highest BCUT2D eigenvalue weighted by molar-refractivity contribution is 5.88. The highest BCUT2D eigenvalue weighted by Crippen LogP contribution is 2.32. The van der Waals surface area contributed by atoms with Gasteiger partial charge in [-0.25, -0.2) is 4.39 Å². The highest BCUT2D eigenvalue weighted by Gasteiger charge is 2.51. The first kappa shape index (κ1) is 7.03. The first-order chi connectivity index (χ1) is 5.23. The van der Waals surface area contributed by atoms with E-state index in [-0.39, 0.29) is 5.92 Å². The van der Waals surface area contributed by atoms with Crippen molar-refractivity contribution in [3.8, 4) is 0 Å². The molecule has 0 aromatic heterocycles. The van der Waals surface area contributed by atoms with Crippen LogP contribution in [0.15, 0.2) is 0 Å². The van der Waals surface area contributed by atoms with Crippen LogP contribution >= 0.6 is 0 Å². The van der Waals surface area contributed by atoms with Crippen LogP contribution in [-0.4, -0.2) is 31.2 Å². The van der Waals surface area contributed by atoms with E-state index in [9.17, 15) is 9.18 Å². The van der Waals surface area contributed by atoms with E-state index in [0.29, 0.717) is 26.1 Å². The lowest BCUT2D eigenvalue weighted by atomic mass is 9.86. The third kappa shape index (κ3) is 0.854. The van der Waals surface area contributed by atoms with Crippen molar-refractivity contribution in [1.82, 2.24) is 10.6 Å². The van der Waals surface area contributed by atoms with E-state index >= 15 is 0 Å². The van der Waals surface area contributed by atoms with Crippen molar-refractivity contribution in [2.75, 3.05) is 19.6 Å². The molecule has 1 amide bonds. The van der Waals surface area contributed by atoms with Crippen LogP contribution in [0.25, 0.3) is 0 Å². The molecule has 3 nitrogen and oxygen atoms in total. The molecule has 4 heteroatoms. The molecular weight excluding hydrogens is 147 g/mol. The maximum absolute atomic E-state index is 13.7. The Hall–Kier alpha value is -0.640. The van der Waals surface area contributed by atoms with Crippen LogP contribution in [0, 0.1) is 5.92 Å². The van der Waals surface area contributed by atoms with Gasteiger partial charge in [0.25, 0.3) is 5.91 Å². The summed E-state index contributed by atoms with van der Waals surface area (Å²) in [4.78, 5) is 11.0. The number of rotatable bonds is 0. The van der Waals surface area contributed by atoms with Crippen molar-refractivity contribution < 1.29 is 9.18 Å². The summed E-state index contributed by atoms with van der Waals surface area (Å²) >= 11 is 0. The summed E-state index contributed by atoms with van der Waals surface area (Å²) in [6.45, 7) is 1.72. The highest BCUT2D eigenvalue weighted by atomic mass is 19.1. The first-order valence-electron chi connectivity index (χ1n) is 3.91. The van der Waals surface area contributed by atoms with Crippen LogP contribution in [0.4, 0.5) is 4.39 Å². The van der Waals surface area contributed by atoms with Crippen molar-refractivity contribution in [3.05, 3.63) is 0 Å². The number of amides is 1. The Balaban J connectivity index is 2.23. The number of piperidine rings is 1. The van der Waals surface area contributed by atoms with Gasteiger partial charge in [-0.05, 0) is 6.54 Å². The van der Waals surface area contributed by atoms with Crippen LogP contribution in [-0.2, 0) is 4.79 Å². The second kappa shape index (κ2) is 2.17. The van der Waals surface area contributed by atoms with Crippen LogP contribution < -0.4 is 10.6 Å². The minimum Gasteiger partial charge on any atom is -0.353 e. The second-order valence-corrected chi connectivity index (χ2v) is 3.22. The summed E-state index contributed by atoms with van der Waals surface area (Å²) in [6, 6.07) is 0. The molecule has 2 atom stereocenters. The van der Waals surface area contributed by atoms with Gasteiger partial charge in [-0.1, -0.05) is 0 Å². The predicted octanol–water partition coefficient (Wildman–Crippen LogP) is -0.566. The Morgan fingerprint density at radius 3 is 3.09 bits per heavy atom. The molecule has 0 aliphatic carbocycles. The van der Waals surface area contributed by atoms with Gasteiger partial charge in [0.15, 0.2) is 5.67 Å². The SMILES string of the molecule is O=C1NCC2CNCCC12F. The number of hydrogen-bond donors (Lipinski definition) is 2. The standard InChI is InChI=1S/C7H11FN2O/c8-7-1-2-9-3-5(7)4-10-6(7)11/h5,9H,1-4H2,(H,10,11). The minimum atomic E-state index is -1.56. The molecule has 2 saturated heterocycles. The van der Waals surface area contributed by atoms with Crippen molar-refractivity contribution in [1.29, 1.82) is 0 Å². The molecule has 2 aliphatic heterocycles. The average molecular weight is 158 g/mol. The zero-order chi connectivity index (χ0) is 7.90. The maximum atomic E-state index is 13.7. The molecule has 0 aromatic rings. The molecule has 2 rings (SSSR count). The van der Waals surface area contributed by atoms with Crippen LogP contribution in [0.2, 0.25) is 0 Å². The quantitative estimate of drug-likeness (QED) is 0.496. The fraction of sp³-hybridized carbons (Fsp3) is 0.857. The number of halogens is 1. The van der Waals surface area contributed by atoms with Crippen LogP contribution in [0.3, 0.4) is 0 Å². The number of carbonyl (C=O) groups is 1. The monoisotopic (exact) mass is 158 g/mol. The lowest BCUT2D eigenvalue weighted by Crippen LogP contribution is -2.48. The summed E-state index contributed by atoms with van der Waals surface area (Å²) in [5.74, 6) is -0.562. The summed E-state index contributed by atoms with van der Waals surface area (Å²) < 4.78 is 13.7. The van der Waals surface area contributed by atoms with Gasteiger partial charge in [-0.3, -0.25) is 4.79 Å². The third-order valence-corrected chi connectivity index (χ3v) is 2.59. The summed E-state index contributed by atoms with van der Waals surface area (Å²) in [6.07, 6.45) is 0.323. The van der Waals surface area contributed by atoms with Gasteiger partial charge in [0, 0.05) is 25.4 Å². The maximum Gasteiger partial charge on any atom is 0.258 e. The van der Waals surface area contributed by atoms with E-state index in [0.717, 1.165) is 0 Å². The third-order valence-electron chi connectivity index (χ3n) is 2.59. The zero-order valence-corrected chi connectivity index (χ0v) is 6.19. The molecule has 2 aliphatic rings. The molecule has 2 fully saturated rings. The Kier molecular flexibility index (Phi) is 1.39. The van der Waals surface area contributed by atoms with Gasteiger partial charge < -0.3 is 10.6 Å². The van der Waals surface area contributed by atoms with Gasteiger partial charge in [-0.15, -0.1) is 0 Å². The van der Waals surface area contributed by atoms with E-state index in [1.165, 1.54) is 0 Å². The van der Waals surface area contributed by atoms with Crippen LogP contribution in [0.5, 0.6) is 0 Å². The lowest BCUT2D eigenvalue weighted by molar-refractivity contribution is -0.131. The van der Waals surface area contributed by atoms with E-state index in [1.807, 2.05) is 0 Å². The van der Waals surface area contributed by atoms with Gasteiger partial charge in [0.2, 0.25) is 0 Å². The summed E-state index contributed by atoms with van der Waals surface area (Å²) in [5.41, 5.74) is -1.56. The van der Waals surface area contributed by atoms with E-state index < -0.39 is 11.6 Å². The molecule has 0 radical (unpaired) electrons. The Morgan fingerprint density at radius 1 is 1.55 bits per heavy atom. The first-order valence-corrected chi connectivity index (χ1v) is 3.91. The molecule has 62 valence electrons.